The van der Waals surface area contributed by atoms with Gasteiger partial charge in [0.2, 0.25) is 0 Å². The van der Waals surface area contributed by atoms with Crippen molar-refractivity contribution in [2.45, 2.75) is 37.1 Å². The molecular formula is C21H22F2N2O. The van der Waals surface area contributed by atoms with Crippen LogP contribution in [0.1, 0.15) is 39.9 Å². The molecule has 1 aliphatic carbocycles. The van der Waals surface area contributed by atoms with Gasteiger partial charge in [-0.25, -0.2) is 8.78 Å². The monoisotopic (exact) mass is 356 g/mol. The molecule has 1 aliphatic heterocycles. The molecule has 26 heavy (non-hydrogen) atoms. The first-order valence-corrected chi connectivity index (χ1v) is 9.06. The van der Waals surface area contributed by atoms with Gasteiger partial charge in [0.1, 0.15) is 0 Å². The summed E-state index contributed by atoms with van der Waals surface area (Å²) in [6, 6.07) is 14.8. The van der Waals surface area contributed by atoms with Gasteiger partial charge in [-0.2, -0.15) is 0 Å². The average Bonchev–Trinajstić information content (AvgIpc) is 2.85. The second-order valence-electron chi connectivity index (χ2n) is 7.35. The SMILES string of the molecule is O=C(NC1(c2ccccc2)CC(F)(F)C1)c1ccc2c(c1)CCNCC2. The number of hydrogen-bond acceptors (Lipinski definition) is 2. The average molecular weight is 356 g/mol. The standard InChI is InChI=1S/C21H22F2N2O/c22-21(23)13-20(14-21,18-4-2-1-3-5-18)25-19(26)17-7-6-15-8-10-24-11-9-16(15)12-17/h1-7,12,24H,8-11,13-14H2,(H,25,26). The maximum Gasteiger partial charge on any atom is 0.253 e. The van der Waals surface area contributed by atoms with Gasteiger partial charge in [0.25, 0.3) is 11.8 Å². The summed E-state index contributed by atoms with van der Waals surface area (Å²) in [5.74, 6) is -3.02. The van der Waals surface area contributed by atoms with Gasteiger partial charge in [-0.05, 0) is 54.8 Å². The first-order valence-electron chi connectivity index (χ1n) is 9.06. The summed E-state index contributed by atoms with van der Waals surface area (Å²) in [4.78, 5) is 12.8. The predicted molar refractivity (Wildman–Crippen MR) is 96.5 cm³/mol. The van der Waals surface area contributed by atoms with E-state index in [0.717, 1.165) is 37.1 Å². The maximum absolute atomic E-state index is 13.7. The molecule has 1 heterocycles. The van der Waals surface area contributed by atoms with Gasteiger partial charge in [-0.1, -0.05) is 36.4 Å². The Balaban J connectivity index is 1.59. The molecule has 5 heteroatoms. The van der Waals surface area contributed by atoms with E-state index in [-0.39, 0.29) is 18.7 Å². The second kappa shape index (κ2) is 6.47. The number of fused-ring (bicyclic) bond motifs is 1. The van der Waals surface area contributed by atoms with Crippen molar-refractivity contribution in [3.05, 3.63) is 70.8 Å². The topological polar surface area (TPSA) is 41.1 Å². The van der Waals surface area contributed by atoms with Crippen molar-refractivity contribution < 1.29 is 13.6 Å². The van der Waals surface area contributed by atoms with Crippen molar-refractivity contribution >= 4 is 5.91 Å². The van der Waals surface area contributed by atoms with Crippen LogP contribution in [0.4, 0.5) is 8.78 Å². The smallest absolute Gasteiger partial charge is 0.253 e. The molecule has 136 valence electrons. The third-order valence-electron chi connectivity index (χ3n) is 5.41. The predicted octanol–water partition coefficient (Wildman–Crippen LogP) is 3.43. The van der Waals surface area contributed by atoms with Crippen molar-refractivity contribution in [2.75, 3.05) is 13.1 Å². The van der Waals surface area contributed by atoms with E-state index in [2.05, 4.69) is 10.6 Å². The zero-order valence-electron chi connectivity index (χ0n) is 14.5. The summed E-state index contributed by atoms with van der Waals surface area (Å²) in [6.45, 7) is 1.82. The first-order chi connectivity index (χ1) is 12.5. The van der Waals surface area contributed by atoms with E-state index in [4.69, 9.17) is 0 Å². The van der Waals surface area contributed by atoms with Crippen molar-refractivity contribution in [2.24, 2.45) is 0 Å². The van der Waals surface area contributed by atoms with Gasteiger partial charge in [-0.15, -0.1) is 0 Å². The molecular weight excluding hydrogens is 334 g/mol. The highest BCUT2D eigenvalue weighted by Crippen LogP contribution is 2.51. The Labute approximate surface area is 151 Å². The highest BCUT2D eigenvalue weighted by Gasteiger charge is 2.58. The number of amides is 1. The van der Waals surface area contributed by atoms with Gasteiger partial charge in [0, 0.05) is 18.4 Å². The van der Waals surface area contributed by atoms with E-state index in [9.17, 15) is 13.6 Å². The third-order valence-corrected chi connectivity index (χ3v) is 5.41. The van der Waals surface area contributed by atoms with Gasteiger partial charge in [-0.3, -0.25) is 4.79 Å². The summed E-state index contributed by atoms with van der Waals surface area (Å²) in [5.41, 5.74) is 2.69. The Morgan fingerprint density at radius 1 is 0.962 bits per heavy atom. The van der Waals surface area contributed by atoms with Crippen molar-refractivity contribution in [1.29, 1.82) is 0 Å². The van der Waals surface area contributed by atoms with Crippen LogP contribution in [-0.2, 0) is 18.4 Å². The fraction of sp³-hybridized carbons (Fsp3) is 0.381. The van der Waals surface area contributed by atoms with Crippen LogP contribution in [0.2, 0.25) is 0 Å². The Kier molecular flexibility index (Phi) is 4.27. The van der Waals surface area contributed by atoms with Crippen LogP contribution in [0.25, 0.3) is 0 Å². The molecule has 0 saturated heterocycles. The minimum atomic E-state index is -2.73. The number of carbonyl (C=O) groups is 1. The van der Waals surface area contributed by atoms with Crippen LogP contribution >= 0.6 is 0 Å². The number of nitrogens with one attached hydrogen (secondary N) is 2. The molecule has 0 spiro atoms. The minimum absolute atomic E-state index is 0.288. The number of halogens is 2. The highest BCUT2D eigenvalue weighted by molar-refractivity contribution is 5.95. The lowest BCUT2D eigenvalue weighted by Crippen LogP contribution is -2.59. The molecule has 2 aromatic rings. The fourth-order valence-corrected chi connectivity index (χ4v) is 4.06. The summed E-state index contributed by atoms with van der Waals surface area (Å²) in [7, 11) is 0. The summed E-state index contributed by atoms with van der Waals surface area (Å²) in [6.07, 6.45) is 1.10. The molecule has 2 aliphatic rings. The Bertz CT molecular complexity index is 812. The minimum Gasteiger partial charge on any atom is -0.342 e. The fourth-order valence-electron chi connectivity index (χ4n) is 4.06. The zero-order chi connectivity index (χ0) is 18.2. The Morgan fingerprint density at radius 2 is 1.65 bits per heavy atom. The van der Waals surface area contributed by atoms with Gasteiger partial charge < -0.3 is 10.6 Å². The molecule has 2 aromatic carbocycles. The third kappa shape index (κ3) is 3.23. The van der Waals surface area contributed by atoms with Gasteiger partial charge in [0.15, 0.2) is 0 Å². The Morgan fingerprint density at radius 3 is 2.35 bits per heavy atom. The number of benzene rings is 2. The van der Waals surface area contributed by atoms with E-state index in [1.54, 1.807) is 18.2 Å². The van der Waals surface area contributed by atoms with Crippen LogP contribution in [0.5, 0.6) is 0 Å². The quantitative estimate of drug-likeness (QED) is 0.885. The van der Waals surface area contributed by atoms with Crippen LogP contribution < -0.4 is 10.6 Å². The molecule has 0 atom stereocenters. The van der Waals surface area contributed by atoms with E-state index in [0.29, 0.717) is 5.56 Å². The van der Waals surface area contributed by atoms with Crippen LogP contribution in [-0.4, -0.2) is 24.9 Å². The highest BCUT2D eigenvalue weighted by atomic mass is 19.3. The molecule has 0 radical (unpaired) electrons. The van der Waals surface area contributed by atoms with E-state index in [1.807, 2.05) is 30.3 Å². The summed E-state index contributed by atoms with van der Waals surface area (Å²) in [5, 5.41) is 6.25. The maximum atomic E-state index is 13.7. The molecule has 0 unspecified atom stereocenters. The molecule has 0 aromatic heterocycles. The summed E-state index contributed by atoms with van der Waals surface area (Å²) >= 11 is 0. The molecule has 3 nitrogen and oxygen atoms in total. The lowest BCUT2D eigenvalue weighted by molar-refractivity contribution is -0.133. The normalized spacial score (nSPS) is 20.4. The molecule has 2 N–H and O–H groups in total. The van der Waals surface area contributed by atoms with Crippen molar-refractivity contribution in [3.8, 4) is 0 Å². The zero-order valence-corrected chi connectivity index (χ0v) is 14.5. The number of rotatable bonds is 3. The molecule has 1 saturated carbocycles. The van der Waals surface area contributed by atoms with Crippen molar-refractivity contribution in [3.63, 3.8) is 0 Å². The van der Waals surface area contributed by atoms with Crippen LogP contribution in [0.15, 0.2) is 48.5 Å². The lowest BCUT2D eigenvalue weighted by atomic mass is 9.69. The van der Waals surface area contributed by atoms with Crippen LogP contribution in [0.3, 0.4) is 0 Å². The van der Waals surface area contributed by atoms with E-state index < -0.39 is 11.5 Å². The number of alkyl halides is 2. The van der Waals surface area contributed by atoms with E-state index in [1.165, 1.54) is 5.56 Å². The second-order valence-corrected chi connectivity index (χ2v) is 7.35. The summed E-state index contributed by atoms with van der Waals surface area (Å²) < 4.78 is 27.4. The Hall–Kier alpha value is -2.27. The molecule has 1 amide bonds. The molecule has 0 bridgehead atoms. The largest absolute Gasteiger partial charge is 0.342 e. The lowest BCUT2D eigenvalue weighted by Gasteiger charge is -2.48. The van der Waals surface area contributed by atoms with Gasteiger partial charge in [0.05, 0.1) is 5.54 Å². The first kappa shape index (κ1) is 17.2. The molecule has 4 rings (SSSR count). The molecule has 1 fully saturated rings. The van der Waals surface area contributed by atoms with Crippen LogP contribution in [0, 0.1) is 0 Å². The van der Waals surface area contributed by atoms with Gasteiger partial charge >= 0.3 is 0 Å². The number of carbonyl (C=O) groups excluding carboxylic acids is 1. The number of hydrogen-bond donors (Lipinski definition) is 2. The van der Waals surface area contributed by atoms with Crippen molar-refractivity contribution in [1.82, 2.24) is 10.6 Å². The van der Waals surface area contributed by atoms with E-state index >= 15 is 0 Å².